The van der Waals surface area contributed by atoms with Crippen molar-refractivity contribution >= 4 is 23.5 Å². The Morgan fingerprint density at radius 1 is 1.26 bits per heavy atom. The third-order valence-corrected chi connectivity index (χ3v) is 7.12. The molecule has 1 saturated heterocycles. The lowest BCUT2D eigenvalue weighted by Gasteiger charge is -2.36. The number of thioether (sulfide) groups is 1. The fourth-order valence-corrected chi connectivity index (χ4v) is 5.40. The summed E-state index contributed by atoms with van der Waals surface area (Å²) < 4.78 is 13.5. The Balaban J connectivity index is 1.66. The van der Waals surface area contributed by atoms with Crippen molar-refractivity contribution in [3.63, 3.8) is 0 Å². The quantitative estimate of drug-likeness (QED) is 0.649. The van der Waals surface area contributed by atoms with Crippen molar-refractivity contribution in [3.05, 3.63) is 45.7 Å². The zero-order chi connectivity index (χ0) is 22.0. The van der Waals surface area contributed by atoms with E-state index in [1.807, 2.05) is 28.9 Å². The maximum absolute atomic E-state index is 13.1. The Morgan fingerprint density at radius 3 is 2.74 bits per heavy atom. The zero-order valence-corrected chi connectivity index (χ0v) is 19.2. The first kappa shape index (κ1) is 22.0. The van der Waals surface area contributed by atoms with Crippen LogP contribution in [0.1, 0.15) is 68.9 Å². The number of amides is 1. The van der Waals surface area contributed by atoms with E-state index in [2.05, 4.69) is 31.2 Å². The van der Waals surface area contributed by atoms with Crippen molar-refractivity contribution in [2.45, 2.75) is 63.3 Å². The van der Waals surface area contributed by atoms with Crippen LogP contribution in [-0.4, -0.2) is 40.3 Å². The maximum Gasteiger partial charge on any atom is 0.270 e. The molecule has 3 heterocycles. The van der Waals surface area contributed by atoms with Gasteiger partial charge >= 0.3 is 0 Å². The second-order valence-corrected chi connectivity index (χ2v) is 9.93. The van der Waals surface area contributed by atoms with Crippen LogP contribution >= 0.6 is 11.8 Å². The molecule has 2 atom stereocenters. The average Bonchev–Trinajstić information content (AvgIpc) is 2.94. The summed E-state index contributed by atoms with van der Waals surface area (Å²) in [7, 11) is 0. The molecule has 0 radical (unpaired) electrons. The van der Waals surface area contributed by atoms with Crippen molar-refractivity contribution in [3.8, 4) is 5.75 Å². The number of aromatic nitrogens is 2. The third-order valence-electron chi connectivity index (χ3n) is 5.85. The van der Waals surface area contributed by atoms with E-state index in [4.69, 9.17) is 9.47 Å². The predicted octanol–water partition coefficient (Wildman–Crippen LogP) is 4.26. The Kier molecular flexibility index (Phi) is 6.48. The fraction of sp³-hybridized carbons (Fsp3) is 0.565. The van der Waals surface area contributed by atoms with Crippen LogP contribution in [0.25, 0.3) is 0 Å². The second-order valence-electron chi connectivity index (χ2n) is 8.84. The summed E-state index contributed by atoms with van der Waals surface area (Å²) in [5.41, 5.74) is 1.18. The van der Waals surface area contributed by atoms with Gasteiger partial charge in [0.15, 0.2) is 0 Å². The second kappa shape index (κ2) is 9.12. The summed E-state index contributed by atoms with van der Waals surface area (Å²) in [4.78, 5) is 25.6. The van der Waals surface area contributed by atoms with Crippen LogP contribution in [-0.2, 0) is 9.53 Å². The number of H-pyrrole nitrogens is 1. The van der Waals surface area contributed by atoms with Crippen LogP contribution < -0.4 is 15.6 Å². The van der Waals surface area contributed by atoms with Crippen LogP contribution in [0.3, 0.4) is 0 Å². The number of fused-ring (bicyclic) bond motifs is 1. The standard InChI is InChI=1S/C23H31N3O4S/c1-4-5-11-29-17-8-6-15(7-9-17)20-19-21(24-18(27)14-31-20)26(25-22(19)28)16-10-12-30-23(2,3)13-16/h6-9,16,20H,4-5,10-14H2,1-3H3,(H,24,27)(H,25,28)/t16-,20-/m1/s1. The average molecular weight is 446 g/mol. The number of aromatic amines is 1. The number of rotatable bonds is 6. The first-order chi connectivity index (χ1) is 14.9. The number of hydrogen-bond donors (Lipinski definition) is 2. The highest BCUT2D eigenvalue weighted by Gasteiger charge is 2.35. The molecule has 1 amide bonds. The number of ether oxygens (including phenoxy) is 2. The number of unbranched alkanes of at least 4 members (excludes halogenated alkanes) is 1. The van der Waals surface area contributed by atoms with Gasteiger partial charge in [-0.05, 0) is 50.8 Å². The van der Waals surface area contributed by atoms with Crippen LogP contribution in [0.15, 0.2) is 29.1 Å². The lowest BCUT2D eigenvalue weighted by atomic mass is 9.94. The molecule has 8 heteroatoms. The number of hydrogen-bond acceptors (Lipinski definition) is 5. The molecule has 168 valence electrons. The van der Waals surface area contributed by atoms with Crippen LogP contribution in [0.4, 0.5) is 5.82 Å². The highest BCUT2D eigenvalue weighted by Crippen LogP contribution is 2.42. The molecular formula is C23H31N3O4S. The molecule has 2 aliphatic heterocycles. The van der Waals surface area contributed by atoms with E-state index >= 15 is 0 Å². The molecule has 31 heavy (non-hydrogen) atoms. The van der Waals surface area contributed by atoms with E-state index in [9.17, 15) is 9.59 Å². The molecule has 7 nitrogen and oxygen atoms in total. The van der Waals surface area contributed by atoms with Crippen molar-refractivity contribution in [2.24, 2.45) is 0 Å². The largest absolute Gasteiger partial charge is 0.494 e. The van der Waals surface area contributed by atoms with Gasteiger partial charge in [0.25, 0.3) is 5.56 Å². The summed E-state index contributed by atoms with van der Waals surface area (Å²) in [5, 5.41) is 5.77. The first-order valence-corrected chi connectivity index (χ1v) is 12.1. The minimum atomic E-state index is -0.270. The van der Waals surface area contributed by atoms with Gasteiger partial charge in [0.1, 0.15) is 11.6 Å². The normalized spacial score (nSPS) is 23.0. The molecular weight excluding hydrogens is 414 g/mol. The SMILES string of the molecule is CCCCOc1ccc([C@H]2SCC(=O)Nc3c2c(=O)[nH]n3[C@@H]2CCOC(C)(C)C2)cc1. The molecule has 0 saturated carbocycles. The van der Waals surface area contributed by atoms with Crippen LogP contribution in [0, 0.1) is 0 Å². The van der Waals surface area contributed by atoms with Crippen molar-refractivity contribution in [1.82, 2.24) is 9.78 Å². The number of benzene rings is 1. The number of carbonyl (C=O) groups excluding carboxylic acids is 1. The Labute approximate surface area is 186 Å². The molecule has 1 aromatic carbocycles. The Hall–Kier alpha value is -2.19. The molecule has 0 unspecified atom stereocenters. The van der Waals surface area contributed by atoms with Crippen molar-refractivity contribution in [1.29, 1.82) is 0 Å². The van der Waals surface area contributed by atoms with Gasteiger partial charge < -0.3 is 14.8 Å². The predicted molar refractivity (Wildman–Crippen MR) is 123 cm³/mol. The van der Waals surface area contributed by atoms with Gasteiger partial charge in [0, 0.05) is 6.61 Å². The van der Waals surface area contributed by atoms with Gasteiger partial charge in [0.2, 0.25) is 5.91 Å². The lowest BCUT2D eigenvalue weighted by Crippen LogP contribution is -2.36. The number of nitrogens with zero attached hydrogens (tertiary/aromatic N) is 1. The molecule has 0 aliphatic carbocycles. The maximum atomic E-state index is 13.1. The topological polar surface area (TPSA) is 85.4 Å². The smallest absolute Gasteiger partial charge is 0.270 e. The van der Waals surface area contributed by atoms with E-state index in [0.717, 1.165) is 37.0 Å². The van der Waals surface area contributed by atoms with E-state index in [1.165, 1.54) is 11.8 Å². The molecule has 1 fully saturated rings. The van der Waals surface area contributed by atoms with E-state index < -0.39 is 0 Å². The summed E-state index contributed by atoms with van der Waals surface area (Å²) in [6.07, 6.45) is 3.66. The van der Waals surface area contributed by atoms with Gasteiger partial charge in [-0.2, -0.15) is 0 Å². The number of nitrogens with one attached hydrogen (secondary N) is 2. The van der Waals surface area contributed by atoms with Gasteiger partial charge in [-0.1, -0.05) is 25.5 Å². The monoisotopic (exact) mass is 445 g/mol. The zero-order valence-electron chi connectivity index (χ0n) is 18.4. The van der Waals surface area contributed by atoms with Crippen molar-refractivity contribution < 1.29 is 14.3 Å². The van der Waals surface area contributed by atoms with Crippen LogP contribution in [0.2, 0.25) is 0 Å². The molecule has 4 rings (SSSR count). The summed E-state index contributed by atoms with van der Waals surface area (Å²) in [6, 6.07) is 7.94. The minimum absolute atomic E-state index is 0.0681. The lowest BCUT2D eigenvalue weighted by molar-refractivity contribution is -0.113. The molecule has 2 N–H and O–H groups in total. The van der Waals surface area contributed by atoms with Gasteiger partial charge in [0.05, 0.1) is 34.8 Å². The molecule has 2 aliphatic rings. The third kappa shape index (κ3) is 4.85. The van der Waals surface area contributed by atoms with E-state index in [1.54, 1.807) is 0 Å². The first-order valence-electron chi connectivity index (χ1n) is 11.0. The fourth-order valence-electron chi connectivity index (χ4n) is 4.27. The van der Waals surface area contributed by atoms with Crippen molar-refractivity contribution in [2.75, 3.05) is 24.3 Å². The Morgan fingerprint density at radius 2 is 2.03 bits per heavy atom. The molecule has 0 spiro atoms. The Bertz CT molecular complexity index is 980. The summed E-state index contributed by atoms with van der Waals surface area (Å²) >= 11 is 1.48. The van der Waals surface area contributed by atoms with E-state index in [-0.39, 0.29) is 28.4 Å². The molecule has 1 aromatic heterocycles. The summed E-state index contributed by atoms with van der Waals surface area (Å²) in [5.74, 6) is 1.62. The van der Waals surface area contributed by atoms with Gasteiger partial charge in [-0.25, -0.2) is 0 Å². The highest BCUT2D eigenvalue weighted by molar-refractivity contribution is 8.00. The number of carbonyl (C=O) groups is 1. The minimum Gasteiger partial charge on any atom is -0.494 e. The molecule has 0 bridgehead atoms. The number of anilines is 1. The summed E-state index contributed by atoms with van der Waals surface area (Å²) in [6.45, 7) is 7.56. The highest BCUT2D eigenvalue weighted by atomic mass is 32.2. The van der Waals surface area contributed by atoms with Crippen LogP contribution in [0.5, 0.6) is 5.75 Å². The van der Waals surface area contributed by atoms with Gasteiger partial charge in [-0.3, -0.25) is 19.4 Å². The molecule has 2 aromatic rings. The van der Waals surface area contributed by atoms with E-state index in [0.29, 0.717) is 30.3 Å². The van der Waals surface area contributed by atoms with Gasteiger partial charge in [-0.15, -0.1) is 11.8 Å².